The van der Waals surface area contributed by atoms with Gasteiger partial charge < -0.3 is 20.4 Å². The highest BCUT2D eigenvalue weighted by molar-refractivity contribution is 9.10. The molecule has 2 heterocycles. The SMILES string of the molecule is O=C(COc1ccc(C2CC(c3ccc(Br)cc3)=NN2C(=O)CCl)cc1)NCCCCCCCCCCNC(=O)c1cccc(S(=O)(=O)Nc2cccc3c(Cl)c[nH]c23)c1. The molecule has 0 bridgehead atoms. The zero-order valence-electron chi connectivity index (χ0n) is 32.9. The summed E-state index contributed by atoms with van der Waals surface area (Å²) in [6.45, 7) is 0.989. The average Bonchev–Trinajstić information content (AvgIpc) is 3.88. The Balaban J connectivity index is 0.799. The van der Waals surface area contributed by atoms with Gasteiger partial charge in [-0.2, -0.15) is 5.10 Å². The van der Waals surface area contributed by atoms with Crippen LogP contribution in [-0.2, 0) is 19.6 Å². The number of aromatic nitrogens is 1. The summed E-state index contributed by atoms with van der Waals surface area (Å²) in [5.74, 6) is -0.395. The van der Waals surface area contributed by atoms with Crippen LogP contribution in [0.2, 0.25) is 5.02 Å². The van der Waals surface area contributed by atoms with Crippen molar-refractivity contribution in [1.82, 2.24) is 20.6 Å². The van der Waals surface area contributed by atoms with Gasteiger partial charge >= 0.3 is 0 Å². The number of halogens is 3. The van der Waals surface area contributed by atoms with Gasteiger partial charge in [-0.15, -0.1) is 11.6 Å². The molecule has 1 aliphatic rings. The summed E-state index contributed by atoms with van der Waals surface area (Å²) in [6.07, 6.45) is 10.1. The molecule has 0 fully saturated rings. The number of H-pyrrole nitrogens is 1. The third-order valence-corrected chi connectivity index (χ3v) is 12.6. The van der Waals surface area contributed by atoms with Gasteiger partial charge in [-0.05, 0) is 72.5 Å². The van der Waals surface area contributed by atoms with Crippen LogP contribution in [0, 0.1) is 0 Å². The lowest BCUT2D eigenvalue weighted by molar-refractivity contribution is -0.130. The number of nitrogens with zero attached hydrogens (tertiary/aromatic N) is 2. The molecule has 316 valence electrons. The summed E-state index contributed by atoms with van der Waals surface area (Å²) in [4.78, 5) is 40.8. The largest absolute Gasteiger partial charge is 0.484 e. The number of carbonyl (C=O) groups excluding carboxylic acids is 3. The smallest absolute Gasteiger partial charge is 0.261 e. The van der Waals surface area contributed by atoms with E-state index in [1.54, 1.807) is 48.7 Å². The zero-order chi connectivity index (χ0) is 42.5. The van der Waals surface area contributed by atoms with E-state index in [1.807, 2.05) is 36.4 Å². The number of alkyl halides is 1. The number of ether oxygens (including phenoxy) is 1. The van der Waals surface area contributed by atoms with Crippen LogP contribution in [0.3, 0.4) is 0 Å². The molecule has 0 saturated carbocycles. The predicted octanol–water partition coefficient (Wildman–Crippen LogP) is 9.35. The first kappa shape index (κ1) is 44.7. The van der Waals surface area contributed by atoms with E-state index in [1.165, 1.54) is 17.1 Å². The van der Waals surface area contributed by atoms with Crippen LogP contribution >= 0.6 is 39.1 Å². The van der Waals surface area contributed by atoms with Crippen molar-refractivity contribution in [2.75, 3.05) is 30.3 Å². The topological polar surface area (TPSA) is 162 Å². The molecule has 4 aromatic carbocycles. The van der Waals surface area contributed by atoms with E-state index in [2.05, 4.69) is 41.4 Å². The molecule has 3 amide bonds. The molecule has 16 heteroatoms. The van der Waals surface area contributed by atoms with Crippen LogP contribution in [0.4, 0.5) is 5.69 Å². The fourth-order valence-electron chi connectivity index (χ4n) is 6.92. The third kappa shape index (κ3) is 12.1. The lowest BCUT2D eigenvalue weighted by atomic mass is 9.98. The molecular formula is C44H47BrCl2N6O6S. The summed E-state index contributed by atoms with van der Waals surface area (Å²) in [5, 5.41) is 13.0. The van der Waals surface area contributed by atoms with Crippen molar-refractivity contribution < 1.29 is 27.5 Å². The number of carbonyl (C=O) groups is 3. The standard InChI is InChI=1S/C44H47BrCl2N6O6S/c45-33-19-15-30(16-20-33)39-26-40(53(51-39)42(55)27-46)31-17-21-34(22-18-31)59-29-41(54)48-23-7-5-3-1-2-4-6-8-24-49-44(56)32-11-9-12-35(25-32)60(57,58)52-38-14-10-13-36-37(47)28-50-43(36)38/h9-22,25,28,40,50,52H,1-8,23-24,26-27,29H2,(H,48,54)(H,49,56). The van der Waals surface area contributed by atoms with Crippen LogP contribution in [-0.4, -0.2) is 67.4 Å². The summed E-state index contributed by atoms with van der Waals surface area (Å²) < 4.78 is 35.6. The molecule has 0 spiro atoms. The molecule has 0 aliphatic carbocycles. The Morgan fingerprint density at radius 1 is 0.850 bits per heavy atom. The van der Waals surface area contributed by atoms with E-state index in [0.29, 0.717) is 46.9 Å². The monoisotopic (exact) mass is 936 g/mol. The number of hydrogen-bond donors (Lipinski definition) is 4. The minimum Gasteiger partial charge on any atom is -0.484 e. The van der Waals surface area contributed by atoms with Crippen molar-refractivity contribution >= 4 is 89.2 Å². The molecule has 5 aromatic rings. The van der Waals surface area contributed by atoms with Crippen molar-refractivity contribution in [3.8, 4) is 5.75 Å². The molecule has 6 rings (SSSR count). The highest BCUT2D eigenvalue weighted by Crippen LogP contribution is 2.34. The minimum atomic E-state index is -3.96. The fraction of sp³-hybridized carbons (Fsp3) is 0.318. The van der Waals surface area contributed by atoms with E-state index >= 15 is 0 Å². The summed E-state index contributed by atoms with van der Waals surface area (Å²) in [6, 6.07) is 26.0. The normalized spacial score (nSPS) is 13.9. The predicted molar refractivity (Wildman–Crippen MR) is 240 cm³/mol. The van der Waals surface area contributed by atoms with E-state index in [0.717, 1.165) is 72.7 Å². The van der Waals surface area contributed by atoms with Crippen LogP contribution in [0.15, 0.2) is 112 Å². The molecule has 60 heavy (non-hydrogen) atoms. The van der Waals surface area contributed by atoms with E-state index in [4.69, 9.17) is 27.9 Å². The van der Waals surface area contributed by atoms with Crippen LogP contribution in [0.1, 0.15) is 85.3 Å². The van der Waals surface area contributed by atoms with Crippen LogP contribution in [0.25, 0.3) is 10.9 Å². The molecule has 0 radical (unpaired) electrons. The first-order valence-corrected chi connectivity index (χ1v) is 23.1. The highest BCUT2D eigenvalue weighted by Gasteiger charge is 2.32. The van der Waals surface area contributed by atoms with Gasteiger partial charge in [0.15, 0.2) is 6.61 Å². The van der Waals surface area contributed by atoms with Gasteiger partial charge in [-0.3, -0.25) is 19.1 Å². The Morgan fingerprint density at radius 3 is 2.22 bits per heavy atom. The van der Waals surface area contributed by atoms with Gasteiger partial charge in [0.2, 0.25) is 0 Å². The van der Waals surface area contributed by atoms with Gasteiger partial charge in [0.05, 0.1) is 32.9 Å². The van der Waals surface area contributed by atoms with Crippen molar-refractivity contribution in [2.45, 2.75) is 68.7 Å². The summed E-state index contributed by atoms with van der Waals surface area (Å²) in [5.41, 5.74) is 3.85. The summed E-state index contributed by atoms with van der Waals surface area (Å²) >= 11 is 15.5. The van der Waals surface area contributed by atoms with Crippen LogP contribution < -0.4 is 20.1 Å². The fourth-order valence-corrected chi connectivity index (χ4v) is 8.64. The maximum atomic E-state index is 13.2. The Bertz CT molecular complexity index is 2410. The van der Waals surface area contributed by atoms with Gasteiger partial charge in [-0.25, -0.2) is 13.4 Å². The van der Waals surface area contributed by atoms with Gasteiger partial charge in [0.1, 0.15) is 11.6 Å². The first-order valence-electron chi connectivity index (χ1n) is 19.9. The number of unbranched alkanes of at least 4 members (excludes halogenated alkanes) is 7. The third-order valence-electron chi connectivity index (χ3n) is 10.1. The number of para-hydroxylation sites is 1. The molecule has 0 saturated heterocycles. The van der Waals surface area contributed by atoms with Gasteiger partial charge in [0.25, 0.3) is 27.7 Å². The second kappa shape index (κ2) is 21.6. The molecule has 1 unspecified atom stereocenters. The molecular weight excluding hydrogens is 891 g/mol. The van der Waals surface area contributed by atoms with E-state index in [9.17, 15) is 22.8 Å². The lowest BCUT2D eigenvalue weighted by Crippen LogP contribution is -2.29. The number of anilines is 1. The molecule has 1 aromatic heterocycles. The lowest BCUT2D eigenvalue weighted by Gasteiger charge is -2.21. The Hall–Kier alpha value is -4.89. The van der Waals surface area contributed by atoms with Crippen molar-refractivity contribution in [3.05, 3.63) is 123 Å². The average molecular weight is 939 g/mol. The number of amides is 3. The molecule has 1 aliphatic heterocycles. The Kier molecular flexibility index (Phi) is 16.1. The quantitative estimate of drug-likeness (QED) is 0.0424. The maximum Gasteiger partial charge on any atom is 0.261 e. The maximum absolute atomic E-state index is 13.2. The van der Waals surface area contributed by atoms with Crippen molar-refractivity contribution in [2.24, 2.45) is 5.10 Å². The van der Waals surface area contributed by atoms with E-state index in [-0.39, 0.29) is 46.7 Å². The number of hydrazone groups is 1. The van der Waals surface area contributed by atoms with Crippen molar-refractivity contribution in [1.29, 1.82) is 0 Å². The van der Waals surface area contributed by atoms with Gasteiger partial charge in [0, 0.05) is 41.1 Å². The first-order chi connectivity index (χ1) is 29.0. The number of fused-ring (bicyclic) bond motifs is 1. The van der Waals surface area contributed by atoms with Crippen molar-refractivity contribution in [3.63, 3.8) is 0 Å². The number of hydrogen-bond acceptors (Lipinski definition) is 7. The second-order valence-corrected chi connectivity index (χ2v) is 17.7. The highest BCUT2D eigenvalue weighted by atomic mass is 79.9. The van der Waals surface area contributed by atoms with E-state index < -0.39 is 10.0 Å². The number of rotatable bonds is 21. The minimum absolute atomic E-state index is 0.0147. The number of aromatic amines is 1. The summed E-state index contributed by atoms with van der Waals surface area (Å²) in [7, 11) is -3.96. The molecule has 1 atom stereocenters. The Labute approximate surface area is 368 Å². The van der Waals surface area contributed by atoms with Gasteiger partial charge in [-0.1, -0.05) is 109 Å². The molecule has 4 N–H and O–H groups in total. The number of benzene rings is 4. The zero-order valence-corrected chi connectivity index (χ0v) is 36.8. The molecule has 12 nitrogen and oxygen atoms in total. The second-order valence-electron chi connectivity index (χ2n) is 14.4. The number of sulfonamides is 1. The number of nitrogens with one attached hydrogen (secondary N) is 4. The Morgan fingerprint density at radius 2 is 1.52 bits per heavy atom. The van der Waals surface area contributed by atoms with Crippen LogP contribution in [0.5, 0.6) is 5.75 Å².